The highest BCUT2D eigenvalue weighted by Crippen LogP contribution is 2.11. The standard InChI is InChI=1S/C24H41BrO2/c1-3-5-7-9-14-18-22-26-24(20-16-12-11-13-17-21-25)27-23-19-15-10-8-6-4-2/h24H,3-13,16-17,20-23H2,1-2H3. The van der Waals surface area contributed by atoms with Crippen molar-refractivity contribution in [2.45, 2.75) is 110 Å². The number of hydrogen-bond donors (Lipinski definition) is 0. The molecule has 0 radical (unpaired) electrons. The zero-order chi connectivity index (χ0) is 19.8. The molecule has 0 amide bonds. The maximum Gasteiger partial charge on any atom is 0.160 e. The molecule has 0 aliphatic carbocycles. The summed E-state index contributed by atoms with van der Waals surface area (Å²) < 4.78 is 11.7. The molecule has 0 spiro atoms. The summed E-state index contributed by atoms with van der Waals surface area (Å²) in [6.45, 7) is 5.35. The van der Waals surface area contributed by atoms with Crippen LogP contribution >= 0.6 is 15.9 Å². The van der Waals surface area contributed by atoms with Crippen LogP contribution in [0.1, 0.15) is 104 Å². The molecular weight excluding hydrogens is 400 g/mol. The van der Waals surface area contributed by atoms with Gasteiger partial charge in [-0.25, -0.2) is 0 Å². The number of rotatable bonds is 17. The van der Waals surface area contributed by atoms with Gasteiger partial charge in [0.25, 0.3) is 0 Å². The second-order valence-corrected chi connectivity index (χ2v) is 7.71. The van der Waals surface area contributed by atoms with Crippen LogP contribution in [0.3, 0.4) is 0 Å². The number of unbranched alkanes of at least 4 members (excludes halogenated alkanes) is 10. The fourth-order valence-corrected chi connectivity index (χ4v) is 3.02. The predicted molar refractivity (Wildman–Crippen MR) is 121 cm³/mol. The van der Waals surface area contributed by atoms with Crippen molar-refractivity contribution in [3.63, 3.8) is 0 Å². The van der Waals surface area contributed by atoms with Crippen LogP contribution in [0.2, 0.25) is 0 Å². The number of ether oxygens (including phenoxy) is 2. The lowest BCUT2D eigenvalue weighted by Gasteiger charge is -2.15. The lowest BCUT2D eigenvalue weighted by Crippen LogP contribution is -2.18. The Labute approximate surface area is 177 Å². The van der Waals surface area contributed by atoms with Crippen LogP contribution in [-0.2, 0) is 9.47 Å². The van der Waals surface area contributed by atoms with Crippen LogP contribution in [0, 0.1) is 23.7 Å². The molecule has 0 unspecified atom stereocenters. The molecule has 0 fully saturated rings. The van der Waals surface area contributed by atoms with Crippen LogP contribution in [0.4, 0.5) is 0 Å². The van der Waals surface area contributed by atoms with E-state index in [2.05, 4.69) is 53.5 Å². The molecule has 0 N–H and O–H groups in total. The molecule has 0 aromatic rings. The maximum atomic E-state index is 5.85. The molecule has 0 rings (SSSR count). The second kappa shape index (κ2) is 23.6. The average Bonchev–Trinajstić information content (AvgIpc) is 2.68. The lowest BCUT2D eigenvalue weighted by molar-refractivity contribution is -0.128. The Bertz CT molecular complexity index is 382. The van der Waals surface area contributed by atoms with Crippen molar-refractivity contribution in [2.24, 2.45) is 0 Å². The van der Waals surface area contributed by atoms with E-state index in [1.165, 1.54) is 64.2 Å². The van der Waals surface area contributed by atoms with Crippen LogP contribution in [0.15, 0.2) is 0 Å². The Morgan fingerprint density at radius 1 is 0.630 bits per heavy atom. The summed E-state index contributed by atoms with van der Waals surface area (Å²) in [5.41, 5.74) is 0. The van der Waals surface area contributed by atoms with Gasteiger partial charge in [-0.05, 0) is 32.1 Å². The quantitative estimate of drug-likeness (QED) is 0.102. The van der Waals surface area contributed by atoms with Gasteiger partial charge in [0.1, 0.15) is 13.2 Å². The van der Waals surface area contributed by atoms with Crippen LogP contribution in [0.25, 0.3) is 0 Å². The fraction of sp³-hybridized carbons (Fsp3) is 0.833. The molecule has 0 aliphatic heterocycles. The molecule has 156 valence electrons. The van der Waals surface area contributed by atoms with Gasteiger partial charge in [0, 0.05) is 18.2 Å². The minimum absolute atomic E-state index is 0.170. The lowest BCUT2D eigenvalue weighted by atomic mass is 10.1. The molecule has 0 aliphatic rings. The van der Waals surface area contributed by atoms with E-state index in [4.69, 9.17) is 9.47 Å². The van der Waals surface area contributed by atoms with Crippen molar-refractivity contribution >= 4 is 15.9 Å². The molecule has 0 saturated heterocycles. The molecular formula is C24H41BrO2. The Balaban J connectivity index is 4.04. The highest BCUT2D eigenvalue weighted by atomic mass is 79.9. The first kappa shape index (κ1) is 26.5. The average molecular weight is 441 g/mol. The van der Waals surface area contributed by atoms with Crippen molar-refractivity contribution in [1.29, 1.82) is 0 Å². The van der Waals surface area contributed by atoms with Crippen molar-refractivity contribution in [2.75, 3.05) is 18.5 Å². The first-order chi connectivity index (χ1) is 13.3. The summed E-state index contributed by atoms with van der Waals surface area (Å²) in [4.78, 5) is 0. The zero-order valence-corrected chi connectivity index (χ0v) is 19.4. The van der Waals surface area contributed by atoms with Gasteiger partial charge in [0.2, 0.25) is 0 Å². The van der Waals surface area contributed by atoms with Crippen molar-refractivity contribution < 1.29 is 9.47 Å². The van der Waals surface area contributed by atoms with Gasteiger partial charge in [-0.1, -0.05) is 86.6 Å². The SMILES string of the molecule is CCCCCC#CCOC(CCCCCCCBr)OCC#CCCCCC. The van der Waals surface area contributed by atoms with Crippen molar-refractivity contribution in [3.05, 3.63) is 0 Å². The second-order valence-electron chi connectivity index (χ2n) is 6.92. The summed E-state index contributed by atoms with van der Waals surface area (Å²) in [6.07, 6.45) is 16.3. The molecule has 0 aromatic carbocycles. The van der Waals surface area contributed by atoms with Crippen LogP contribution in [0.5, 0.6) is 0 Å². The fourth-order valence-electron chi connectivity index (χ4n) is 2.63. The summed E-state index contributed by atoms with van der Waals surface area (Å²) in [6, 6.07) is 0. The normalized spacial score (nSPS) is 10.4. The Morgan fingerprint density at radius 3 is 1.67 bits per heavy atom. The van der Waals surface area contributed by atoms with E-state index in [1.54, 1.807) is 0 Å². The minimum Gasteiger partial charge on any atom is -0.340 e. The summed E-state index contributed by atoms with van der Waals surface area (Å²) >= 11 is 3.49. The Morgan fingerprint density at radius 2 is 1.15 bits per heavy atom. The molecule has 2 nitrogen and oxygen atoms in total. The van der Waals surface area contributed by atoms with Crippen LogP contribution in [-0.4, -0.2) is 24.8 Å². The molecule has 0 atom stereocenters. The molecule has 0 bridgehead atoms. The van der Waals surface area contributed by atoms with Gasteiger partial charge in [0.05, 0.1) is 0 Å². The highest BCUT2D eigenvalue weighted by Gasteiger charge is 2.08. The molecule has 0 saturated carbocycles. The molecule has 27 heavy (non-hydrogen) atoms. The zero-order valence-electron chi connectivity index (χ0n) is 17.8. The predicted octanol–water partition coefficient (Wildman–Crippen LogP) is 7.25. The highest BCUT2D eigenvalue weighted by molar-refractivity contribution is 9.09. The first-order valence-corrected chi connectivity index (χ1v) is 12.2. The van der Waals surface area contributed by atoms with Crippen LogP contribution < -0.4 is 0 Å². The van der Waals surface area contributed by atoms with Crippen molar-refractivity contribution in [1.82, 2.24) is 0 Å². The topological polar surface area (TPSA) is 18.5 Å². The van der Waals surface area contributed by atoms with Gasteiger partial charge in [-0.15, -0.1) is 11.8 Å². The Hall–Kier alpha value is -0.480. The van der Waals surface area contributed by atoms with E-state index in [9.17, 15) is 0 Å². The first-order valence-electron chi connectivity index (χ1n) is 11.1. The minimum atomic E-state index is -0.170. The number of hydrogen-bond acceptors (Lipinski definition) is 2. The number of alkyl halides is 1. The summed E-state index contributed by atoms with van der Waals surface area (Å²) in [7, 11) is 0. The number of halogens is 1. The third kappa shape index (κ3) is 21.7. The van der Waals surface area contributed by atoms with Crippen molar-refractivity contribution in [3.8, 4) is 23.7 Å². The molecule has 0 aromatic heterocycles. The third-order valence-electron chi connectivity index (χ3n) is 4.32. The van der Waals surface area contributed by atoms with Gasteiger partial charge in [-0.2, -0.15) is 0 Å². The van der Waals surface area contributed by atoms with Gasteiger partial charge in [-0.3, -0.25) is 0 Å². The van der Waals surface area contributed by atoms with Gasteiger partial charge < -0.3 is 9.47 Å². The molecule has 0 heterocycles. The van der Waals surface area contributed by atoms with E-state index in [0.717, 1.165) is 31.0 Å². The Kier molecular flexibility index (Phi) is 23.1. The van der Waals surface area contributed by atoms with E-state index in [0.29, 0.717) is 13.2 Å². The van der Waals surface area contributed by atoms with Gasteiger partial charge in [0.15, 0.2) is 6.29 Å². The monoisotopic (exact) mass is 440 g/mol. The molecule has 3 heteroatoms. The third-order valence-corrected chi connectivity index (χ3v) is 4.88. The van der Waals surface area contributed by atoms with E-state index >= 15 is 0 Å². The van der Waals surface area contributed by atoms with E-state index < -0.39 is 0 Å². The van der Waals surface area contributed by atoms with Gasteiger partial charge >= 0.3 is 0 Å². The maximum absolute atomic E-state index is 5.85. The summed E-state index contributed by atoms with van der Waals surface area (Å²) in [5, 5.41) is 1.11. The smallest absolute Gasteiger partial charge is 0.160 e. The summed E-state index contributed by atoms with van der Waals surface area (Å²) in [5.74, 6) is 12.6. The van der Waals surface area contributed by atoms with E-state index in [-0.39, 0.29) is 6.29 Å². The van der Waals surface area contributed by atoms with E-state index in [1.807, 2.05) is 0 Å². The largest absolute Gasteiger partial charge is 0.340 e.